The molecule has 0 aliphatic carbocycles. The number of anilines is 1. The van der Waals surface area contributed by atoms with Gasteiger partial charge < -0.3 is 11.1 Å². The van der Waals surface area contributed by atoms with E-state index in [0.717, 1.165) is 5.56 Å². The minimum Gasteiger partial charge on any atom is -0.325 e. The summed E-state index contributed by atoms with van der Waals surface area (Å²) in [7, 11) is -3.50. The van der Waals surface area contributed by atoms with Crippen molar-refractivity contribution in [1.82, 2.24) is 0 Å². The van der Waals surface area contributed by atoms with Crippen molar-refractivity contribution in [2.24, 2.45) is 5.73 Å². The molecule has 1 amide bonds. The number of carbonyl (C=O) groups excluding carboxylic acids is 1. The zero-order valence-corrected chi connectivity index (χ0v) is 12.3. The summed E-state index contributed by atoms with van der Waals surface area (Å²) in [6, 6.07) is 7.14. The second-order valence-corrected chi connectivity index (χ2v) is 7.50. The highest BCUT2D eigenvalue weighted by Gasteiger charge is 2.24. The molecule has 0 atom stereocenters. The van der Waals surface area contributed by atoms with Gasteiger partial charge in [0.25, 0.3) is 0 Å². The Hall–Kier alpha value is -1.40. The number of hydrogen-bond acceptors (Lipinski definition) is 4. The van der Waals surface area contributed by atoms with Crippen LogP contribution in [0.3, 0.4) is 0 Å². The lowest BCUT2D eigenvalue weighted by Crippen LogP contribution is -2.42. The maximum Gasteiger partial charge on any atom is 0.239 e. The van der Waals surface area contributed by atoms with E-state index in [4.69, 9.17) is 5.73 Å². The number of nitrogens with two attached hydrogens (primary N) is 1. The fourth-order valence-corrected chi connectivity index (χ4v) is 3.36. The highest BCUT2D eigenvalue weighted by molar-refractivity contribution is 7.92. The van der Waals surface area contributed by atoms with Crippen molar-refractivity contribution in [3.63, 3.8) is 0 Å². The normalized spacial score (nSPS) is 12.2. The second-order valence-electron chi connectivity index (χ2n) is 5.44. The number of sulfone groups is 1. The number of amides is 1. The molecule has 5 nitrogen and oxygen atoms in total. The first-order chi connectivity index (χ1) is 8.57. The van der Waals surface area contributed by atoms with E-state index in [1.165, 1.54) is 0 Å². The van der Waals surface area contributed by atoms with Crippen LogP contribution in [0.2, 0.25) is 0 Å². The highest BCUT2D eigenvalue weighted by atomic mass is 32.2. The molecule has 0 aliphatic rings. The first-order valence-electron chi connectivity index (χ1n) is 5.93. The molecule has 0 saturated heterocycles. The summed E-state index contributed by atoms with van der Waals surface area (Å²) in [5, 5.41) is 2.55. The standard InChI is InChI=1S/C13H20N2O3S/c1-10-4-6-11(7-5-10)15-12(16)8-19(17,18)9-13(2,3)14/h4-7H,8-9,14H2,1-3H3,(H,15,16). The molecule has 0 saturated carbocycles. The molecule has 106 valence electrons. The molecule has 1 aromatic carbocycles. The van der Waals surface area contributed by atoms with Gasteiger partial charge in [-0.05, 0) is 32.9 Å². The van der Waals surface area contributed by atoms with Crippen LogP contribution in [-0.4, -0.2) is 31.4 Å². The van der Waals surface area contributed by atoms with Gasteiger partial charge in [-0.25, -0.2) is 8.42 Å². The molecule has 6 heteroatoms. The minimum atomic E-state index is -3.50. The van der Waals surface area contributed by atoms with Gasteiger partial charge in [-0.2, -0.15) is 0 Å². The van der Waals surface area contributed by atoms with E-state index in [1.807, 2.05) is 19.1 Å². The molecule has 0 fully saturated rings. The van der Waals surface area contributed by atoms with Gasteiger partial charge >= 0.3 is 0 Å². The summed E-state index contributed by atoms with van der Waals surface area (Å²) in [4.78, 5) is 11.7. The Balaban J connectivity index is 2.63. The summed E-state index contributed by atoms with van der Waals surface area (Å²) in [6.45, 7) is 5.16. The van der Waals surface area contributed by atoms with Crippen LogP contribution in [-0.2, 0) is 14.6 Å². The lowest BCUT2D eigenvalue weighted by atomic mass is 10.1. The Kier molecular flexibility index (Phi) is 4.70. The van der Waals surface area contributed by atoms with Gasteiger partial charge in [0.05, 0.1) is 5.75 Å². The molecule has 0 bridgehead atoms. The third-order valence-electron chi connectivity index (χ3n) is 2.28. The molecule has 3 N–H and O–H groups in total. The SMILES string of the molecule is Cc1ccc(NC(=O)CS(=O)(=O)CC(C)(C)N)cc1. The lowest BCUT2D eigenvalue weighted by molar-refractivity contribution is -0.113. The van der Waals surface area contributed by atoms with Crippen LogP contribution in [0.4, 0.5) is 5.69 Å². The summed E-state index contributed by atoms with van der Waals surface area (Å²) >= 11 is 0. The predicted octanol–water partition coefficient (Wildman–Crippen LogP) is 1.09. The zero-order chi connectivity index (χ0) is 14.7. The van der Waals surface area contributed by atoms with Crippen molar-refractivity contribution < 1.29 is 13.2 Å². The number of rotatable bonds is 5. The monoisotopic (exact) mass is 284 g/mol. The van der Waals surface area contributed by atoms with Crippen LogP contribution >= 0.6 is 0 Å². The van der Waals surface area contributed by atoms with Gasteiger partial charge in [-0.1, -0.05) is 17.7 Å². The fraction of sp³-hybridized carbons (Fsp3) is 0.462. The van der Waals surface area contributed by atoms with Gasteiger partial charge in [0.2, 0.25) is 5.91 Å². The maximum atomic E-state index is 11.8. The van der Waals surface area contributed by atoms with Crippen LogP contribution in [0.1, 0.15) is 19.4 Å². The van der Waals surface area contributed by atoms with Crippen LogP contribution in [0, 0.1) is 6.92 Å². The lowest BCUT2D eigenvalue weighted by Gasteiger charge is -2.17. The summed E-state index contributed by atoms with van der Waals surface area (Å²) < 4.78 is 23.5. The molecule has 0 unspecified atom stereocenters. The van der Waals surface area contributed by atoms with Gasteiger partial charge in [0, 0.05) is 11.2 Å². The maximum absolute atomic E-state index is 11.8. The Labute approximate surface area is 114 Å². The van der Waals surface area contributed by atoms with Crippen LogP contribution in [0.15, 0.2) is 24.3 Å². The van der Waals surface area contributed by atoms with E-state index in [1.54, 1.807) is 26.0 Å². The van der Waals surface area contributed by atoms with Gasteiger partial charge in [0.15, 0.2) is 9.84 Å². The third kappa shape index (κ3) is 6.35. The topological polar surface area (TPSA) is 89.3 Å². The number of benzene rings is 1. The number of nitrogens with one attached hydrogen (secondary N) is 1. The Morgan fingerprint density at radius 2 is 1.79 bits per heavy atom. The first kappa shape index (κ1) is 15.7. The molecule has 0 spiro atoms. The molecule has 0 heterocycles. The Bertz CT molecular complexity index is 542. The predicted molar refractivity (Wildman–Crippen MR) is 76.7 cm³/mol. The molecule has 0 radical (unpaired) electrons. The van der Waals surface area contributed by atoms with Crippen LogP contribution < -0.4 is 11.1 Å². The number of hydrogen-bond donors (Lipinski definition) is 2. The van der Waals surface area contributed by atoms with Gasteiger partial charge in [0.1, 0.15) is 5.75 Å². The second kappa shape index (κ2) is 5.71. The van der Waals surface area contributed by atoms with E-state index in [0.29, 0.717) is 5.69 Å². The van der Waals surface area contributed by atoms with Crippen LogP contribution in [0.5, 0.6) is 0 Å². The third-order valence-corrected chi connectivity index (χ3v) is 4.16. The molecular formula is C13H20N2O3S. The molecule has 0 aliphatic heterocycles. The Morgan fingerprint density at radius 3 is 2.26 bits per heavy atom. The highest BCUT2D eigenvalue weighted by Crippen LogP contribution is 2.09. The minimum absolute atomic E-state index is 0.221. The quantitative estimate of drug-likeness (QED) is 0.847. The van der Waals surface area contributed by atoms with Crippen molar-refractivity contribution in [3.8, 4) is 0 Å². The largest absolute Gasteiger partial charge is 0.325 e. The molecule has 0 aromatic heterocycles. The zero-order valence-electron chi connectivity index (χ0n) is 11.4. The Morgan fingerprint density at radius 1 is 1.26 bits per heavy atom. The molecular weight excluding hydrogens is 264 g/mol. The van der Waals surface area contributed by atoms with Crippen molar-refractivity contribution in [3.05, 3.63) is 29.8 Å². The summed E-state index contributed by atoms with van der Waals surface area (Å²) in [6.07, 6.45) is 0. The first-order valence-corrected chi connectivity index (χ1v) is 7.75. The molecule has 1 rings (SSSR count). The smallest absolute Gasteiger partial charge is 0.239 e. The van der Waals surface area contributed by atoms with Crippen molar-refractivity contribution in [2.45, 2.75) is 26.3 Å². The van der Waals surface area contributed by atoms with Crippen molar-refractivity contribution in [1.29, 1.82) is 0 Å². The van der Waals surface area contributed by atoms with E-state index >= 15 is 0 Å². The van der Waals surface area contributed by atoms with Crippen LogP contribution in [0.25, 0.3) is 0 Å². The van der Waals surface area contributed by atoms with Gasteiger partial charge in [-0.15, -0.1) is 0 Å². The van der Waals surface area contributed by atoms with E-state index < -0.39 is 27.0 Å². The molecule has 19 heavy (non-hydrogen) atoms. The van der Waals surface area contributed by atoms with E-state index in [-0.39, 0.29) is 5.75 Å². The summed E-state index contributed by atoms with van der Waals surface area (Å²) in [5.74, 6) is -1.32. The molecule has 1 aromatic rings. The van der Waals surface area contributed by atoms with Crippen molar-refractivity contribution >= 4 is 21.4 Å². The number of aryl methyl sites for hydroxylation is 1. The average molecular weight is 284 g/mol. The van der Waals surface area contributed by atoms with Crippen molar-refractivity contribution in [2.75, 3.05) is 16.8 Å². The fourth-order valence-electron chi connectivity index (χ4n) is 1.65. The van der Waals surface area contributed by atoms with E-state index in [2.05, 4.69) is 5.32 Å². The van der Waals surface area contributed by atoms with Gasteiger partial charge in [-0.3, -0.25) is 4.79 Å². The average Bonchev–Trinajstić information content (AvgIpc) is 2.16. The summed E-state index contributed by atoms with van der Waals surface area (Å²) in [5.41, 5.74) is 6.46. The van der Waals surface area contributed by atoms with E-state index in [9.17, 15) is 13.2 Å². The number of carbonyl (C=O) groups is 1.